The van der Waals surface area contributed by atoms with E-state index in [0.717, 1.165) is 19.5 Å². The third-order valence-electron chi connectivity index (χ3n) is 5.64. The Morgan fingerprint density at radius 3 is 1.79 bits per heavy atom. The maximum absolute atomic E-state index is 12.6. The van der Waals surface area contributed by atoms with Crippen LogP contribution < -0.4 is 5.32 Å². The summed E-state index contributed by atoms with van der Waals surface area (Å²) in [4.78, 5) is 26.3. The monoisotopic (exact) mass is 444 g/mol. The quantitative estimate of drug-likeness (QED) is 0.314. The zero-order valence-electron chi connectivity index (χ0n) is 19.1. The molecule has 33 heavy (non-hydrogen) atoms. The molecule has 0 saturated carbocycles. The summed E-state index contributed by atoms with van der Waals surface area (Å²) in [5.41, 5.74) is 3.58. The normalized spacial score (nSPS) is 12.7. The standard InChI is InChI=1S/C28H32N2O3/c1-2-33-28(32)27(29-22-31)19-26(18-23-12-6-3-7-13-23)30(20-24-14-8-4-9-15-24)21-25-16-10-5-11-17-25/h3-17,22,26-27H,2,18-21H2,1H3,(H,29,31)/t26-,27-/m0/s1. The van der Waals surface area contributed by atoms with Crippen LogP contribution in [0.2, 0.25) is 0 Å². The molecule has 0 unspecified atom stereocenters. The lowest BCUT2D eigenvalue weighted by atomic mass is 9.96. The first-order valence-corrected chi connectivity index (χ1v) is 11.4. The molecule has 3 rings (SSSR count). The number of nitrogens with zero attached hydrogens (tertiary/aromatic N) is 1. The highest BCUT2D eigenvalue weighted by Gasteiger charge is 2.28. The number of esters is 1. The number of rotatable bonds is 13. The van der Waals surface area contributed by atoms with Crippen molar-refractivity contribution in [2.75, 3.05) is 6.61 Å². The second kappa shape index (κ2) is 13.2. The Labute approximate surface area is 196 Å². The molecule has 0 aliphatic heterocycles. The average molecular weight is 445 g/mol. The molecule has 0 aliphatic rings. The van der Waals surface area contributed by atoms with Crippen LogP contribution >= 0.6 is 0 Å². The number of hydrogen-bond acceptors (Lipinski definition) is 4. The van der Waals surface area contributed by atoms with Crippen molar-refractivity contribution >= 4 is 12.4 Å². The minimum atomic E-state index is -0.704. The van der Waals surface area contributed by atoms with E-state index in [1.807, 2.05) is 54.6 Å². The SMILES string of the molecule is CCOC(=O)[C@H](C[C@H](Cc1ccccc1)N(Cc1ccccc1)Cc1ccccc1)NC=O. The Kier molecular flexibility index (Phi) is 9.67. The summed E-state index contributed by atoms with van der Waals surface area (Å²) in [6.07, 6.45) is 1.78. The lowest BCUT2D eigenvalue weighted by Crippen LogP contribution is -2.45. The highest BCUT2D eigenvalue weighted by Crippen LogP contribution is 2.21. The molecule has 1 amide bonds. The minimum Gasteiger partial charge on any atom is -0.464 e. The van der Waals surface area contributed by atoms with Gasteiger partial charge in [-0.05, 0) is 36.5 Å². The van der Waals surface area contributed by atoms with Crippen molar-refractivity contribution in [3.63, 3.8) is 0 Å². The van der Waals surface area contributed by atoms with E-state index in [4.69, 9.17) is 4.74 Å². The topological polar surface area (TPSA) is 58.6 Å². The van der Waals surface area contributed by atoms with Crippen molar-refractivity contribution in [3.8, 4) is 0 Å². The van der Waals surface area contributed by atoms with E-state index in [-0.39, 0.29) is 12.6 Å². The van der Waals surface area contributed by atoms with E-state index in [9.17, 15) is 9.59 Å². The van der Waals surface area contributed by atoms with Crippen LogP contribution in [0.5, 0.6) is 0 Å². The Hall–Kier alpha value is -3.44. The number of hydrogen-bond donors (Lipinski definition) is 1. The Morgan fingerprint density at radius 2 is 1.33 bits per heavy atom. The zero-order chi connectivity index (χ0) is 23.3. The first-order valence-electron chi connectivity index (χ1n) is 11.4. The van der Waals surface area contributed by atoms with Crippen LogP contribution in [0.25, 0.3) is 0 Å². The smallest absolute Gasteiger partial charge is 0.328 e. The van der Waals surface area contributed by atoms with Gasteiger partial charge in [-0.3, -0.25) is 9.69 Å². The number of benzene rings is 3. The fourth-order valence-corrected chi connectivity index (χ4v) is 4.03. The van der Waals surface area contributed by atoms with Crippen molar-refractivity contribution in [1.82, 2.24) is 10.2 Å². The summed E-state index contributed by atoms with van der Waals surface area (Å²) in [5, 5.41) is 2.68. The summed E-state index contributed by atoms with van der Waals surface area (Å²) in [5.74, 6) is -0.401. The lowest BCUT2D eigenvalue weighted by Gasteiger charge is -2.34. The predicted octanol–water partition coefficient (Wildman–Crippen LogP) is 4.37. The van der Waals surface area contributed by atoms with Gasteiger partial charge < -0.3 is 10.1 Å². The van der Waals surface area contributed by atoms with Crippen molar-refractivity contribution in [1.29, 1.82) is 0 Å². The Bertz CT molecular complexity index is 923. The molecule has 0 bridgehead atoms. The molecule has 0 fully saturated rings. The molecule has 0 aliphatic carbocycles. The van der Waals surface area contributed by atoms with Gasteiger partial charge in [0.05, 0.1) is 6.61 Å². The van der Waals surface area contributed by atoms with E-state index in [0.29, 0.717) is 12.8 Å². The molecule has 172 valence electrons. The molecule has 5 nitrogen and oxygen atoms in total. The maximum Gasteiger partial charge on any atom is 0.328 e. The van der Waals surface area contributed by atoms with Gasteiger partial charge in [0.15, 0.2) is 0 Å². The second-order valence-electron chi connectivity index (χ2n) is 8.04. The number of nitrogens with one attached hydrogen (secondary N) is 1. The predicted molar refractivity (Wildman–Crippen MR) is 130 cm³/mol. The van der Waals surface area contributed by atoms with Crippen molar-refractivity contribution < 1.29 is 14.3 Å². The summed E-state index contributed by atoms with van der Waals surface area (Å²) < 4.78 is 5.25. The third-order valence-corrected chi connectivity index (χ3v) is 5.64. The van der Waals surface area contributed by atoms with Gasteiger partial charge in [0.2, 0.25) is 6.41 Å². The van der Waals surface area contributed by atoms with Gasteiger partial charge in [0.1, 0.15) is 6.04 Å². The van der Waals surface area contributed by atoms with Crippen molar-refractivity contribution in [2.45, 2.75) is 44.9 Å². The molecule has 0 spiro atoms. The van der Waals surface area contributed by atoms with Crippen LogP contribution in [0.15, 0.2) is 91.0 Å². The van der Waals surface area contributed by atoms with Crippen LogP contribution in [0.1, 0.15) is 30.0 Å². The number of carbonyl (C=O) groups is 2. The van der Waals surface area contributed by atoms with Gasteiger partial charge in [-0.25, -0.2) is 4.79 Å². The molecule has 0 heterocycles. The molecule has 0 radical (unpaired) electrons. The van der Waals surface area contributed by atoms with E-state index in [1.54, 1.807) is 6.92 Å². The van der Waals surface area contributed by atoms with Gasteiger partial charge in [-0.1, -0.05) is 91.0 Å². The fraction of sp³-hybridized carbons (Fsp3) is 0.286. The van der Waals surface area contributed by atoms with Gasteiger partial charge in [-0.2, -0.15) is 0 Å². The molecule has 3 aromatic carbocycles. The van der Waals surface area contributed by atoms with E-state index >= 15 is 0 Å². The lowest BCUT2D eigenvalue weighted by molar-refractivity contribution is -0.147. The molecule has 0 saturated heterocycles. The van der Waals surface area contributed by atoms with Crippen LogP contribution in [-0.4, -0.2) is 36.0 Å². The molecule has 0 aromatic heterocycles. The fourth-order valence-electron chi connectivity index (χ4n) is 4.03. The van der Waals surface area contributed by atoms with Gasteiger partial charge in [-0.15, -0.1) is 0 Å². The van der Waals surface area contributed by atoms with Gasteiger partial charge in [0, 0.05) is 19.1 Å². The van der Waals surface area contributed by atoms with Crippen LogP contribution in [0.3, 0.4) is 0 Å². The summed E-state index contributed by atoms with van der Waals surface area (Å²) in [6, 6.07) is 30.2. The molecular formula is C28H32N2O3. The van der Waals surface area contributed by atoms with Crippen LogP contribution in [0.4, 0.5) is 0 Å². The van der Waals surface area contributed by atoms with Gasteiger partial charge in [0.25, 0.3) is 0 Å². The van der Waals surface area contributed by atoms with Crippen molar-refractivity contribution in [3.05, 3.63) is 108 Å². The third kappa shape index (κ3) is 7.88. The highest BCUT2D eigenvalue weighted by molar-refractivity contribution is 5.78. The molecular weight excluding hydrogens is 412 g/mol. The average Bonchev–Trinajstić information content (AvgIpc) is 2.85. The van der Waals surface area contributed by atoms with E-state index in [1.165, 1.54) is 16.7 Å². The minimum absolute atomic E-state index is 0.00494. The molecule has 1 N–H and O–H groups in total. The molecule has 2 atom stereocenters. The van der Waals surface area contributed by atoms with Crippen molar-refractivity contribution in [2.24, 2.45) is 0 Å². The van der Waals surface area contributed by atoms with E-state index < -0.39 is 12.0 Å². The highest BCUT2D eigenvalue weighted by atomic mass is 16.5. The Balaban J connectivity index is 1.93. The molecule has 3 aromatic rings. The summed E-state index contributed by atoms with van der Waals surface area (Å²) in [6.45, 7) is 3.50. The van der Waals surface area contributed by atoms with Crippen LogP contribution in [-0.2, 0) is 33.8 Å². The number of amides is 1. The largest absolute Gasteiger partial charge is 0.464 e. The maximum atomic E-state index is 12.6. The van der Waals surface area contributed by atoms with E-state index in [2.05, 4.69) is 46.6 Å². The molecule has 5 heteroatoms. The van der Waals surface area contributed by atoms with Gasteiger partial charge >= 0.3 is 5.97 Å². The first-order chi connectivity index (χ1) is 16.2. The first kappa shape index (κ1) is 24.2. The summed E-state index contributed by atoms with van der Waals surface area (Å²) in [7, 11) is 0. The Morgan fingerprint density at radius 1 is 0.848 bits per heavy atom. The summed E-state index contributed by atoms with van der Waals surface area (Å²) >= 11 is 0. The number of ether oxygens (including phenoxy) is 1. The second-order valence-corrected chi connectivity index (χ2v) is 8.04. The number of carbonyl (C=O) groups excluding carboxylic acids is 2. The van der Waals surface area contributed by atoms with Crippen LogP contribution in [0, 0.1) is 0 Å². The zero-order valence-corrected chi connectivity index (χ0v) is 19.1.